The topological polar surface area (TPSA) is 39.4 Å². The summed E-state index contributed by atoms with van der Waals surface area (Å²) in [6.45, 7) is 3.60. The van der Waals surface area contributed by atoms with Gasteiger partial charge in [0.25, 0.3) is 0 Å². The number of alkyl halides is 1. The number of rotatable bonds is 3. The molecule has 136 valence electrons. The third kappa shape index (κ3) is 3.16. The van der Waals surface area contributed by atoms with Crippen molar-refractivity contribution in [2.45, 2.75) is 51.1 Å². The number of pyridine rings is 1. The van der Waals surface area contributed by atoms with Gasteiger partial charge in [-0.05, 0) is 63.8 Å². The first-order chi connectivity index (χ1) is 12.4. The van der Waals surface area contributed by atoms with Crippen molar-refractivity contribution in [3.05, 3.63) is 52.9 Å². The van der Waals surface area contributed by atoms with Crippen LogP contribution in [0.25, 0.3) is 5.65 Å². The van der Waals surface area contributed by atoms with Crippen LogP contribution in [0, 0.1) is 6.92 Å². The molecule has 0 bridgehead atoms. The highest BCUT2D eigenvalue weighted by atomic mass is 35.5. The average Bonchev–Trinajstić information content (AvgIpc) is 3.04. The first-order valence-corrected chi connectivity index (χ1v) is 9.28. The summed E-state index contributed by atoms with van der Waals surface area (Å²) in [5.74, 6) is 2.42. The third-order valence-electron chi connectivity index (χ3n) is 5.26. The lowest BCUT2D eigenvalue weighted by molar-refractivity contribution is 0.118. The minimum Gasteiger partial charge on any atom is -0.453 e. The Hall–Kier alpha value is -2.14. The van der Waals surface area contributed by atoms with Gasteiger partial charge in [-0.1, -0.05) is 17.7 Å². The maximum absolute atomic E-state index is 14.1. The van der Waals surface area contributed by atoms with E-state index in [2.05, 4.69) is 10.2 Å². The molecule has 0 radical (unpaired) electrons. The van der Waals surface area contributed by atoms with Crippen LogP contribution < -0.4 is 4.74 Å². The first-order valence-electron chi connectivity index (χ1n) is 8.90. The summed E-state index contributed by atoms with van der Waals surface area (Å²) >= 11 is 6.18. The van der Waals surface area contributed by atoms with Crippen LogP contribution in [-0.2, 0) is 0 Å². The molecule has 1 fully saturated rings. The molecule has 1 aliphatic rings. The van der Waals surface area contributed by atoms with E-state index < -0.39 is 5.67 Å². The van der Waals surface area contributed by atoms with Gasteiger partial charge in [0.15, 0.2) is 5.75 Å². The Morgan fingerprint density at radius 2 is 1.88 bits per heavy atom. The highest BCUT2D eigenvalue weighted by molar-refractivity contribution is 6.31. The number of halogens is 2. The highest BCUT2D eigenvalue weighted by Gasteiger charge is 2.33. The van der Waals surface area contributed by atoms with Gasteiger partial charge in [-0.3, -0.25) is 4.40 Å². The quantitative estimate of drug-likeness (QED) is 0.576. The van der Waals surface area contributed by atoms with E-state index in [9.17, 15) is 4.39 Å². The van der Waals surface area contributed by atoms with E-state index in [1.54, 1.807) is 6.92 Å². The fourth-order valence-electron chi connectivity index (χ4n) is 3.56. The van der Waals surface area contributed by atoms with Crippen molar-refractivity contribution < 1.29 is 9.13 Å². The average molecular weight is 374 g/mol. The third-order valence-corrected chi connectivity index (χ3v) is 5.67. The minimum atomic E-state index is -1.06. The number of hydrogen-bond acceptors (Lipinski definition) is 3. The zero-order valence-electron chi connectivity index (χ0n) is 14.9. The van der Waals surface area contributed by atoms with Gasteiger partial charge in [-0.2, -0.15) is 0 Å². The SMILES string of the molecule is Cc1c(Cl)cccc1Oc1cccn2c(C3CCC(C)(F)CC3)nnc12. The summed E-state index contributed by atoms with van der Waals surface area (Å²) < 4.78 is 22.1. The normalized spacial score (nSPS) is 23.3. The number of nitrogens with zero attached hydrogens (tertiary/aromatic N) is 3. The van der Waals surface area contributed by atoms with E-state index in [4.69, 9.17) is 16.3 Å². The molecule has 0 aliphatic heterocycles. The monoisotopic (exact) mass is 373 g/mol. The smallest absolute Gasteiger partial charge is 0.203 e. The molecular weight excluding hydrogens is 353 g/mol. The summed E-state index contributed by atoms with van der Waals surface area (Å²) in [6, 6.07) is 9.35. The molecule has 1 aromatic carbocycles. The summed E-state index contributed by atoms with van der Waals surface area (Å²) in [4.78, 5) is 0. The lowest BCUT2D eigenvalue weighted by Crippen LogP contribution is -2.25. The summed E-state index contributed by atoms with van der Waals surface area (Å²) in [6.07, 6.45) is 4.62. The zero-order chi connectivity index (χ0) is 18.3. The second-order valence-electron chi connectivity index (χ2n) is 7.28. The Morgan fingerprint density at radius 3 is 2.65 bits per heavy atom. The molecule has 1 saturated carbocycles. The van der Waals surface area contributed by atoms with Crippen molar-refractivity contribution >= 4 is 17.2 Å². The Bertz CT molecular complexity index is 943. The molecule has 0 N–H and O–H groups in total. The van der Waals surface area contributed by atoms with Crippen LogP contribution in [0.15, 0.2) is 36.5 Å². The van der Waals surface area contributed by atoms with Crippen molar-refractivity contribution in [1.82, 2.24) is 14.6 Å². The fourth-order valence-corrected chi connectivity index (χ4v) is 3.73. The van der Waals surface area contributed by atoms with Crippen LogP contribution in [0.4, 0.5) is 4.39 Å². The van der Waals surface area contributed by atoms with Gasteiger partial charge in [0.2, 0.25) is 5.65 Å². The molecule has 26 heavy (non-hydrogen) atoms. The highest BCUT2D eigenvalue weighted by Crippen LogP contribution is 2.40. The molecule has 3 aromatic rings. The second-order valence-corrected chi connectivity index (χ2v) is 7.68. The zero-order valence-corrected chi connectivity index (χ0v) is 15.6. The number of aromatic nitrogens is 3. The number of fused-ring (bicyclic) bond motifs is 1. The van der Waals surface area contributed by atoms with Crippen LogP contribution in [0.5, 0.6) is 11.5 Å². The first kappa shape index (κ1) is 17.3. The molecule has 0 spiro atoms. The van der Waals surface area contributed by atoms with Gasteiger partial charge in [0.1, 0.15) is 17.2 Å². The Morgan fingerprint density at radius 1 is 1.15 bits per heavy atom. The molecule has 1 aliphatic carbocycles. The Kier molecular flexibility index (Phi) is 4.35. The van der Waals surface area contributed by atoms with Crippen LogP contribution in [0.1, 0.15) is 49.9 Å². The van der Waals surface area contributed by atoms with E-state index in [-0.39, 0.29) is 5.92 Å². The van der Waals surface area contributed by atoms with E-state index in [1.165, 1.54) is 0 Å². The molecular formula is C20H21ClFN3O. The lowest BCUT2D eigenvalue weighted by atomic mass is 9.80. The minimum absolute atomic E-state index is 0.219. The molecule has 4 rings (SSSR count). The molecule has 0 unspecified atom stereocenters. The van der Waals surface area contributed by atoms with Crippen LogP contribution in [0.2, 0.25) is 5.02 Å². The standard InChI is InChI=1S/C20H21ClFN3O/c1-13-15(21)5-3-6-16(13)26-17-7-4-12-25-18(23-24-19(17)25)14-8-10-20(2,22)11-9-14/h3-7,12,14H,8-11H2,1-2H3. The van der Waals surface area contributed by atoms with E-state index >= 15 is 0 Å². The van der Waals surface area contributed by atoms with E-state index in [0.717, 1.165) is 24.2 Å². The summed E-state index contributed by atoms with van der Waals surface area (Å²) in [5.41, 5.74) is 0.482. The molecule has 2 aromatic heterocycles. The molecule has 6 heteroatoms. The van der Waals surface area contributed by atoms with Gasteiger partial charge in [-0.25, -0.2) is 4.39 Å². The van der Waals surface area contributed by atoms with Crippen molar-refractivity contribution in [2.75, 3.05) is 0 Å². The summed E-state index contributed by atoms with van der Waals surface area (Å²) in [7, 11) is 0. The molecule has 0 saturated heterocycles. The van der Waals surface area contributed by atoms with Crippen molar-refractivity contribution in [1.29, 1.82) is 0 Å². The van der Waals surface area contributed by atoms with Crippen LogP contribution >= 0.6 is 11.6 Å². The van der Waals surface area contributed by atoms with Gasteiger partial charge >= 0.3 is 0 Å². The molecule has 4 nitrogen and oxygen atoms in total. The maximum Gasteiger partial charge on any atom is 0.203 e. The van der Waals surface area contributed by atoms with Gasteiger partial charge in [0, 0.05) is 22.7 Å². The number of benzene rings is 1. The van der Waals surface area contributed by atoms with Gasteiger partial charge in [0.05, 0.1) is 0 Å². The van der Waals surface area contributed by atoms with Gasteiger partial charge in [-0.15, -0.1) is 10.2 Å². The van der Waals surface area contributed by atoms with Crippen molar-refractivity contribution in [2.24, 2.45) is 0 Å². The Labute approximate surface area is 157 Å². The molecule has 0 atom stereocenters. The fraction of sp³-hybridized carbons (Fsp3) is 0.400. The largest absolute Gasteiger partial charge is 0.453 e. The van der Waals surface area contributed by atoms with Crippen molar-refractivity contribution in [3.63, 3.8) is 0 Å². The lowest BCUT2D eigenvalue weighted by Gasteiger charge is -2.30. The van der Waals surface area contributed by atoms with Gasteiger partial charge < -0.3 is 4.74 Å². The molecule has 2 heterocycles. The predicted molar refractivity (Wildman–Crippen MR) is 100.0 cm³/mol. The number of ether oxygens (including phenoxy) is 1. The van der Waals surface area contributed by atoms with Crippen LogP contribution in [-0.4, -0.2) is 20.3 Å². The summed E-state index contributed by atoms with van der Waals surface area (Å²) in [5, 5.41) is 9.39. The second kappa shape index (κ2) is 6.54. The Balaban J connectivity index is 1.66. The van der Waals surface area contributed by atoms with E-state index in [0.29, 0.717) is 35.0 Å². The van der Waals surface area contributed by atoms with E-state index in [1.807, 2.05) is 47.9 Å². The molecule has 0 amide bonds. The van der Waals surface area contributed by atoms with Crippen LogP contribution in [0.3, 0.4) is 0 Å². The predicted octanol–water partition coefficient (Wildman–Crippen LogP) is 5.87. The maximum atomic E-state index is 14.1. The number of hydrogen-bond donors (Lipinski definition) is 0. The van der Waals surface area contributed by atoms with Crippen molar-refractivity contribution in [3.8, 4) is 11.5 Å².